The van der Waals surface area contributed by atoms with E-state index in [0.717, 1.165) is 23.3 Å². The molecular formula is C18H17N3O3S. The molecule has 25 heavy (non-hydrogen) atoms. The van der Waals surface area contributed by atoms with Crippen molar-refractivity contribution < 1.29 is 14.6 Å². The lowest BCUT2D eigenvalue weighted by Crippen LogP contribution is -2.33. The van der Waals surface area contributed by atoms with E-state index in [0.29, 0.717) is 18.3 Å². The van der Waals surface area contributed by atoms with Crippen LogP contribution < -0.4 is 10.5 Å². The number of allylic oxidation sites excluding steroid dienone is 3. The van der Waals surface area contributed by atoms with Gasteiger partial charge in [0.15, 0.2) is 0 Å². The number of aromatic carboxylic acids is 1. The van der Waals surface area contributed by atoms with Crippen molar-refractivity contribution in [3.63, 3.8) is 0 Å². The fourth-order valence-corrected chi connectivity index (χ4v) is 4.88. The molecule has 0 radical (unpaired) electrons. The number of carboxylic acid groups (broad SMARTS) is 1. The van der Waals surface area contributed by atoms with E-state index < -0.39 is 5.97 Å². The van der Waals surface area contributed by atoms with Crippen LogP contribution in [0.15, 0.2) is 45.9 Å². The largest absolute Gasteiger partial charge is 0.496 e. The third-order valence-electron chi connectivity index (χ3n) is 4.62. The second kappa shape index (κ2) is 6.07. The van der Waals surface area contributed by atoms with Gasteiger partial charge in [-0.3, -0.25) is 4.99 Å². The summed E-state index contributed by atoms with van der Waals surface area (Å²) in [6.45, 7) is 0.396. The molecule has 2 heterocycles. The SMILES string of the molecule is COc1ccc(C(=O)O)cc1C1=CC=C2C3=NCN=C(N)C3SC2C1. The van der Waals surface area contributed by atoms with Crippen LogP contribution >= 0.6 is 11.8 Å². The highest BCUT2D eigenvalue weighted by atomic mass is 32.2. The quantitative estimate of drug-likeness (QED) is 0.867. The number of hydrogen-bond donors (Lipinski definition) is 2. The highest BCUT2D eigenvalue weighted by Gasteiger charge is 2.40. The van der Waals surface area contributed by atoms with E-state index in [2.05, 4.69) is 16.1 Å². The molecule has 1 aromatic carbocycles. The normalized spacial score (nSPS) is 24.4. The predicted octanol–water partition coefficient (Wildman–Crippen LogP) is 2.36. The average molecular weight is 355 g/mol. The molecule has 2 unspecified atom stereocenters. The van der Waals surface area contributed by atoms with E-state index in [4.69, 9.17) is 10.5 Å². The van der Waals surface area contributed by atoms with E-state index in [-0.39, 0.29) is 16.1 Å². The van der Waals surface area contributed by atoms with Gasteiger partial charge in [0.2, 0.25) is 0 Å². The number of fused-ring (bicyclic) bond motifs is 3. The molecule has 1 saturated heterocycles. The number of methoxy groups -OCH3 is 1. The number of carboxylic acids is 1. The van der Waals surface area contributed by atoms with Crippen molar-refractivity contribution in [2.45, 2.75) is 16.9 Å². The molecule has 1 fully saturated rings. The Morgan fingerprint density at radius 2 is 2.20 bits per heavy atom. The molecule has 0 saturated carbocycles. The van der Waals surface area contributed by atoms with Crippen molar-refractivity contribution in [1.29, 1.82) is 0 Å². The summed E-state index contributed by atoms with van der Waals surface area (Å²) in [7, 11) is 1.59. The lowest BCUT2D eigenvalue weighted by atomic mass is 9.89. The van der Waals surface area contributed by atoms with Crippen LogP contribution in [0, 0.1) is 0 Å². The molecule has 3 N–H and O–H groups in total. The summed E-state index contributed by atoms with van der Waals surface area (Å²) in [6.07, 6.45) is 4.88. The van der Waals surface area contributed by atoms with Crippen molar-refractivity contribution in [3.05, 3.63) is 47.1 Å². The van der Waals surface area contributed by atoms with Gasteiger partial charge < -0.3 is 15.6 Å². The fourth-order valence-electron chi connectivity index (χ4n) is 3.38. The average Bonchev–Trinajstić information content (AvgIpc) is 3.00. The van der Waals surface area contributed by atoms with E-state index in [1.165, 1.54) is 5.57 Å². The predicted molar refractivity (Wildman–Crippen MR) is 99.7 cm³/mol. The standard InChI is InChI=1S/C18H17N3O3S/c1-24-13-5-3-10(18(22)23)6-12(13)9-2-4-11-14(7-9)25-16-15(11)20-8-21-17(16)19/h2-6,14,16H,7-8H2,1H3,(H2,19,21)(H,22,23). The number of rotatable bonds is 3. The molecule has 0 spiro atoms. The first-order valence-electron chi connectivity index (χ1n) is 7.91. The third-order valence-corrected chi connectivity index (χ3v) is 6.10. The first kappa shape index (κ1) is 16.0. The molecule has 7 heteroatoms. The van der Waals surface area contributed by atoms with E-state index in [9.17, 15) is 9.90 Å². The lowest BCUT2D eigenvalue weighted by Gasteiger charge is -2.20. The van der Waals surface area contributed by atoms with E-state index in [1.54, 1.807) is 37.1 Å². The molecule has 6 nitrogen and oxygen atoms in total. The molecule has 1 aromatic rings. The van der Waals surface area contributed by atoms with Crippen LogP contribution in [0.25, 0.3) is 5.57 Å². The Hall–Kier alpha value is -2.54. The molecule has 0 bridgehead atoms. The van der Waals surface area contributed by atoms with Crippen molar-refractivity contribution in [1.82, 2.24) is 0 Å². The van der Waals surface area contributed by atoms with Gasteiger partial charge in [0.05, 0.1) is 18.4 Å². The molecule has 1 aliphatic carbocycles. The first-order valence-corrected chi connectivity index (χ1v) is 8.85. The number of benzene rings is 1. The van der Waals surface area contributed by atoms with Crippen molar-refractivity contribution in [2.75, 3.05) is 13.8 Å². The van der Waals surface area contributed by atoms with E-state index in [1.807, 2.05) is 6.08 Å². The molecule has 0 aromatic heterocycles. The van der Waals surface area contributed by atoms with E-state index >= 15 is 0 Å². The summed E-state index contributed by atoms with van der Waals surface area (Å²) in [6, 6.07) is 4.93. The Balaban J connectivity index is 1.71. The molecule has 128 valence electrons. The zero-order chi connectivity index (χ0) is 17.6. The zero-order valence-electron chi connectivity index (χ0n) is 13.6. The van der Waals surface area contributed by atoms with Crippen LogP contribution in [0.1, 0.15) is 22.3 Å². The maximum atomic E-state index is 11.3. The van der Waals surface area contributed by atoms with Crippen LogP contribution in [-0.2, 0) is 0 Å². The van der Waals surface area contributed by atoms with Gasteiger partial charge in [-0.15, -0.1) is 11.8 Å². The Morgan fingerprint density at radius 3 is 2.96 bits per heavy atom. The summed E-state index contributed by atoms with van der Waals surface area (Å²) in [5.74, 6) is 0.361. The Morgan fingerprint density at radius 1 is 1.36 bits per heavy atom. The molecule has 4 rings (SSSR count). The number of ether oxygens (including phenoxy) is 1. The maximum absolute atomic E-state index is 11.3. The monoisotopic (exact) mass is 355 g/mol. The Bertz CT molecular complexity index is 886. The minimum Gasteiger partial charge on any atom is -0.496 e. The van der Waals surface area contributed by atoms with Gasteiger partial charge in [-0.25, -0.2) is 9.79 Å². The second-order valence-electron chi connectivity index (χ2n) is 6.01. The number of aliphatic imine (C=N–C) groups is 2. The molecular weight excluding hydrogens is 338 g/mol. The smallest absolute Gasteiger partial charge is 0.335 e. The van der Waals surface area contributed by atoms with Crippen molar-refractivity contribution in [3.8, 4) is 5.75 Å². The number of carbonyl (C=O) groups is 1. The van der Waals surface area contributed by atoms with Crippen molar-refractivity contribution in [2.24, 2.45) is 15.7 Å². The van der Waals surface area contributed by atoms with Gasteiger partial charge in [0.1, 0.15) is 23.5 Å². The molecule has 2 aliphatic heterocycles. The maximum Gasteiger partial charge on any atom is 0.335 e. The van der Waals surface area contributed by atoms with Crippen LogP contribution in [0.3, 0.4) is 0 Å². The molecule has 3 aliphatic rings. The van der Waals surface area contributed by atoms with Gasteiger partial charge in [0, 0.05) is 10.8 Å². The summed E-state index contributed by atoms with van der Waals surface area (Å²) in [4.78, 5) is 20.1. The minimum atomic E-state index is -0.948. The highest BCUT2D eigenvalue weighted by molar-refractivity contribution is 8.03. The number of amidine groups is 1. The zero-order valence-corrected chi connectivity index (χ0v) is 14.4. The summed E-state index contributed by atoms with van der Waals surface area (Å²) < 4.78 is 5.43. The number of thioether (sulfide) groups is 1. The topological polar surface area (TPSA) is 97.3 Å². The summed E-state index contributed by atoms with van der Waals surface area (Å²) >= 11 is 1.76. The van der Waals surface area contributed by atoms with Crippen LogP contribution in [0.2, 0.25) is 0 Å². The van der Waals surface area contributed by atoms with Crippen molar-refractivity contribution >= 4 is 34.9 Å². The fraction of sp³-hybridized carbons (Fsp3) is 0.278. The number of hydrogen-bond acceptors (Lipinski definition) is 6. The summed E-state index contributed by atoms with van der Waals surface area (Å²) in [5.41, 5.74) is 10.4. The molecule has 0 amide bonds. The second-order valence-corrected chi connectivity index (χ2v) is 7.32. The summed E-state index contributed by atoms with van der Waals surface area (Å²) in [5, 5.41) is 9.55. The highest BCUT2D eigenvalue weighted by Crippen LogP contribution is 2.45. The lowest BCUT2D eigenvalue weighted by molar-refractivity contribution is 0.0697. The van der Waals surface area contributed by atoms with Gasteiger partial charge >= 0.3 is 5.97 Å². The van der Waals surface area contributed by atoms with Gasteiger partial charge in [-0.2, -0.15) is 0 Å². The Labute approximate surface area is 149 Å². The third kappa shape index (κ3) is 2.64. The number of nitrogens with zero attached hydrogens (tertiary/aromatic N) is 2. The molecule has 2 atom stereocenters. The Kier molecular flexibility index (Phi) is 3.88. The number of nitrogens with two attached hydrogens (primary N) is 1. The van der Waals surface area contributed by atoms with Gasteiger partial charge in [-0.05, 0) is 35.8 Å². The van der Waals surface area contributed by atoms with Crippen LogP contribution in [0.4, 0.5) is 0 Å². The van der Waals surface area contributed by atoms with Gasteiger partial charge in [-0.1, -0.05) is 12.2 Å². The minimum absolute atomic E-state index is 0.0324. The van der Waals surface area contributed by atoms with Crippen LogP contribution in [-0.4, -0.2) is 46.9 Å². The van der Waals surface area contributed by atoms with Gasteiger partial charge in [0.25, 0.3) is 0 Å². The van der Waals surface area contributed by atoms with Crippen LogP contribution in [0.5, 0.6) is 5.75 Å². The first-order chi connectivity index (χ1) is 12.1.